The molecule has 0 heterocycles. The van der Waals surface area contributed by atoms with E-state index in [-0.39, 0.29) is 5.91 Å². The fourth-order valence-corrected chi connectivity index (χ4v) is 2.76. The van der Waals surface area contributed by atoms with E-state index in [0.717, 1.165) is 6.54 Å². The second-order valence-electron chi connectivity index (χ2n) is 4.71. The molecule has 1 aliphatic rings. The van der Waals surface area contributed by atoms with Gasteiger partial charge in [0, 0.05) is 12.1 Å². The first-order chi connectivity index (χ1) is 8.58. The summed E-state index contributed by atoms with van der Waals surface area (Å²) in [6.45, 7) is 0.721. The molecular formula is C13H16Cl2N2O. The van der Waals surface area contributed by atoms with Gasteiger partial charge in [0.05, 0.1) is 15.7 Å². The van der Waals surface area contributed by atoms with Gasteiger partial charge in [0.2, 0.25) is 0 Å². The molecule has 0 spiro atoms. The topological polar surface area (TPSA) is 55.1 Å². The zero-order valence-electron chi connectivity index (χ0n) is 10.0. The molecule has 3 N–H and O–H groups in total. The summed E-state index contributed by atoms with van der Waals surface area (Å²) in [5, 5.41) is 3.54. The Labute approximate surface area is 117 Å². The van der Waals surface area contributed by atoms with Gasteiger partial charge in [-0.25, -0.2) is 0 Å². The Balaban J connectivity index is 2.00. The molecule has 1 saturated carbocycles. The molecule has 2 rings (SSSR count). The summed E-state index contributed by atoms with van der Waals surface area (Å²) in [5.74, 6) is 0.458. The van der Waals surface area contributed by atoms with Gasteiger partial charge in [-0.2, -0.15) is 0 Å². The smallest absolute Gasteiger partial charge is 0.251 e. The van der Waals surface area contributed by atoms with Crippen molar-refractivity contribution in [3.63, 3.8) is 0 Å². The number of anilines is 1. The van der Waals surface area contributed by atoms with Crippen LogP contribution in [-0.2, 0) is 0 Å². The van der Waals surface area contributed by atoms with E-state index in [4.69, 9.17) is 28.9 Å². The fraction of sp³-hybridized carbons (Fsp3) is 0.462. The first-order valence-electron chi connectivity index (χ1n) is 6.10. The van der Waals surface area contributed by atoms with Crippen molar-refractivity contribution in [1.82, 2.24) is 5.32 Å². The van der Waals surface area contributed by atoms with Gasteiger partial charge < -0.3 is 11.1 Å². The fourth-order valence-electron chi connectivity index (χ4n) is 2.27. The lowest BCUT2D eigenvalue weighted by atomic mass is 10.1. The molecule has 1 aromatic rings. The van der Waals surface area contributed by atoms with E-state index >= 15 is 0 Å². The van der Waals surface area contributed by atoms with E-state index in [1.54, 1.807) is 12.1 Å². The molecule has 98 valence electrons. The number of carbonyl (C=O) groups excluding carboxylic acids is 1. The van der Waals surface area contributed by atoms with E-state index < -0.39 is 0 Å². The van der Waals surface area contributed by atoms with Crippen molar-refractivity contribution < 1.29 is 4.79 Å². The van der Waals surface area contributed by atoms with Gasteiger partial charge in [-0.1, -0.05) is 36.0 Å². The summed E-state index contributed by atoms with van der Waals surface area (Å²) in [6.07, 6.45) is 4.92. The SMILES string of the molecule is Nc1c(Cl)cc(C(=O)NCC2CCCC2)cc1Cl. The molecule has 0 saturated heterocycles. The number of benzene rings is 1. The molecule has 0 radical (unpaired) electrons. The van der Waals surface area contributed by atoms with E-state index in [2.05, 4.69) is 5.32 Å². The average molecular weight is 287 g/mol. The van der Waals surface area contributed by atoms with Crippen molar-refractivity contribution in [2.24, 2.45) is 5.92 Å². The highest BCUT2D eigenvalue weighted by Gasteiger charge is 2.17. The van der Waals surface area contributed by atoms with Crippen LogP contribution in [-0.4, -0.2) is 12.5 Å². The lowest BCUT2D eigenvalue weighted by Crippen LogP contribution is -2.28. The number of hydrogen-bond donors (Lipinski definition) is 2. The summed E-state index contributed by atoms with van der Waals surface area (Å²) >= 11 is 11.8. The predicted molar refractivity (Wildman–Crippen MR) is 75.2 cm³/mol. The van der Waals surface area contributed by atoms with Crippen LogP contribution in [0.2, 0.25) is 10.0 Å². The van der Waals surface area contributed by atoms with Gasteiger partial charge >= 0.3 is 0 Å². The normalized spacial score (nSPS) is 15.9. The van der Waals surface area contributed by atoms with Gasteiger partial charge in [-0.3, -0.25) is 4.79 Å². The van der Waals surface area contributed by atoms with Crippen LogP contribution in [0.4, 0.5) is 5.69 Å². The third-order valence-corrected chi connectivity index (χ3v) is 3.99. The van der Waals surface area contributed by atoms with Crippen molar-refractivity contribution in [3.8, 4) is 0 Å². The highest BCUT2D eigenvalue weighted by Crippen LogP contribution is 2.29. The highest BCUT2D eigenvalue weighted by molar-refractivity contribution is 6.39. The molecule has 1 fully saturated rings. The van der Waals surface area contributed by atoms with E-state index in [1.165, 1.54) is 25.7 Å². The number of nitrogens with one attached hydrogen (secondary N) is 1. The predicted octanol–water partition coefficient (Wildman–Crippen LogP) is 3.50. The van der Waals surface area contributed by atoms with Crippen molar-refractivity contribution >= 4 is 34.8 Å². The quantitative estimate of drug-likeness (QED) is 0.836. The molecule has 1 aliphatic carbocycles. The number of hydrogen-bond acceptors (Lipinski definition) is 2. The summed E-state index contributed by atoms with van der Waals surface area (Å²) in [5.41, 5.74) is 6.40. The second-order valence-corrected chi connectivity index (χ2v) is 5.53. The monoisotopic (exact) mass is 286 g/mol. The average Bonchev–Trinajstić information content (AvgIpc) is 2.85. The van der Waals surface area contributed by atoms with Crippen LogP contribution in [0, 0.1) is 5.92 Å². The molecule has 1 aromatic carbocycles. The molecule has 0 atom stereocenters. The minimum Gasteiger partial charge on any atom is -0.396 e. The van der Waals surface area contributed by atoms with Crippen molar-refractivity contribution in [2.75, 3.05) is 12.3 Å². The molecule has 0 aliphatic heterocycles. The molecule has 0 bridgehead atoms. The Kier molecular flexibility index (Phi) is 4.36. The third-order valence-electron chi connectivity index (χ3n) is 3.37. The first-order valence-corrected chi connectivity index (χ1v) is 6.86. The standard InChI is InChI=1S/C13H16Cl2N2O/c14-10-5-9(6-11(15)12(10)16)13(18)17-7-8-3-1-2-4-8/h5-6,8H,1-4,7,16H2,(H,17,18). The van der Waals surface area contributed by atoms with E-state index in [1.807, 2.05) is 0 Å². The number of amides is 1. The van der Waals surface area contributed by atoms with Crippen LogP contribution in [0.5, 0.6) is 0 Å². The maximum atomic E-state index is 11.9. The summed E-state index contributed by atoms with van der Waals surface area (Å²) in [7, 11) is 0. The number of carbonyl (C=O) groups is 1. The number of halogens is 2. The maximum Gasteiger partial charge on any atom is 0.251 e. The summed E-state index contributed by atoms with van der Waals surface area (Å²) < 4.78 is 0. The zero-order chi connectivity index (χ0) is 13.1. The Hall–Kier alpha value is -0.930. The van der Waals surface area contributed by atoms with Crippen LogP contribution in [0.15, 0.2) is 12.1 Å². The largest absolute Gasteiger partial charge is 0.396 e. The molecular weight excluding hydrogens is 271 g/mol. The Morgan fingerprint density at radius 1 is 1.28 bits per heavy atom. The minimum absolute atomic E-state index is 0.147. The van der Waals surface area contributed by atoms with Gasteiger partial charge in [-0.15, -0.1) is 0 Å². The van der Waals surface area contributed by atoms with Gasteiger partial charge in [-0.05, 0) is 30.9 Å². The zero-order valence-corrected chi connectivity index (χ0v) is 11.5. The van der Waals surface area contributed by atoms with Crippen molar-refractivity contribution in [3.05, 3.63) is 27.7 Å². The number of nitrogen functional groups attached to an aromatic ring is 1. The summed E-state index contributed by atoms with van der Waals surface area (Å²) in [4.78, 5) is 11.9. The van der Waals surface area contributed by atoms with Gasteiger partial charge in [0.15, 0.2) is 0 Å². The maximum absolute atomic E-state index is 11.9. The van der Waals surface area contributed by atoms with Crippen LogP contribution >= 0.6 is 23.2 Å². The van der Waals surface area contributed by atoms with Crippen LogP contribution in [0.1, 0.15) is 36.0 Å². The first kappa shape index (κ1) is 13.5. The lowest BCUT2D eigenvalue weighted by molar-refractivity contribution is 0.0947. The molecule has 3 nitrogen and oxygen atoms in total. The molecule has 0 unspecified atom stereocenters. The summed E-state index contributed by atoms with van der Waals surface area (Å²) in [6, 6.07) is 3.10. The van der Waals surface area contributed by atoms with Crippen LogP contribution in [0.25, 0.3) is 0 Å². The van der Waals surface area contributed by atoms with Crippen molar-refractivity contribution in [1.29, 1.82) is 0 Å². The molecule has 5 heteroatoms. The van der Waals surface area contributed by atoms with Crippen LogP contribution in [0.3, 0.4) is 0 Å². The molecule has 18 heavy (non-hydrogen) atoms. The second kappa shape index (κ2) is 5.81. The minimum atomic E-state index is -0.147. The van der Waals surface area contributed by atoms with E-state index in [9.17, 15) is 4.79 Å². The number of rotatable bonds is 3. The van der Waals surface area contributed by atoms with Gasteiger partial charge in [0.1, 0.15) is 0 Å². The Morgan fingerprint density at radius 3 is 2.39 bits per heavy atom. The van der Waals surface area contributed by atoms with E-state index in [0.29, 0.717) is 27.2 Å². The Morgan fingerprint density at radius 2 is 1.83 bits per heavy atom. The molecule has 1 amide bonds. The highest BCUT2D eigenvalue weighted by atomic mass is 35.5. The number of nitrogens with two attached hydrogens (primary N) is 1. The lowest BCUT2D eigenvalue weighted by Gasteiger charge is -2.11. The third kappa shape index (κ3) is 3.09. The van der Waals surface area contributed by atoms with Gasteiger partial charge in [0.25, 0.3) is 5.91 Å². The molecule has 0 aromatic heterocycles. The van der Waals surface area contributed by atoms with Crippen LogP contribution < -0.4 is 11.1 Å². The van der Waals surface area contributed by atoms with Crippen molar-refractivity contribution in [2.45, 2.75) is 25.7 Å². The Bertz CT molecular complexity index is 433.